The number of nitrogens with one attached hydrogen (secondary N) is 2. The molecule has 0 aromatic heterocycles. The second kappa shape index (κ2) is 4.42. The molecule has 2 heteroatoms. The van der Waals surface area contributed by atoms with Gasteiger partial charge in [-0.05, 0) is 69.4 Å². The van der Waals surface area contributed by atoms with Gasteiger partial charge >= 0.3 is 0 Å². The van der Waals surface area contributed by atoms with E-state index in [9.17, 15) is 0 Å². The Labute approximate surface area is 93.2 Å². The summed E-state index contributed by atoms with van der Waals surface area (Å²) in [4.78, 5) is 0. The van der Waals surface area contributed by atoms with Crippen molar-refractivity contribution in [3.05, 3.63) is 0 Å². The molecule has 3 fully saturated rings. The van der Waals surface area contributed by atoms with Crippen LogP contribution in [0.4, 0.5) is 0 Å². The topological polar surface area (TPSA) is 24.1 Å². The Morgan fingerprint density at radius 1 is 1.07 bits per heavy atom. The molecule has 1 heterocycles. The van der Waals surface area contributed by atoms with Crippen molar-refractivity contribution in [2.45, 2.75) is 44.6 Å². The Hall–Kier alpha value is -0.0800. The average Bonchev–Trinajstić information content (AvgIpc) is 3.14. The molecule has 0 bridgehead atoms. The Bertz CT molecular complexity index is 191. The van der Waals surface area contributed by atoms with Gasteiger partial charge in [0.05, 0.1) is 0 Å². The van der Waals surface area contributed by atoms with Crippen LogP contribution in [-0.2, 0) is 0 Å². The van der Waals surface area contributed by atoms with Crippen LogP contribution in [0.5, 0.6) is 0 Å². The minimum absolute atomic E-state index is 0.763. The molecule has 0 spiro atoms. The van der Waals surface area contributed by atoms with Crippen LogP contribution in [0.3, 0.4) is 0 Å². The fourth-order valence-corrected chi connectivity index (χ4v) is 3.10. The lowest BCUT2D eigenvalue weighted by Crippen LogP contribution is -2.45. The van der Waals surface area contributed by atoms with Gasteiger partial charge in [0, 0.05) is 12.6 Å². The summed E-state index contributed by atoms with van der Waals surface area (Å²) in [6, 6.07) is 0.763. The summed E-state index contributed by atoms with van der Waals surface area (Å²) in [6.07, 6.45) is 8.82. The van der Waals surface area contributed by atoms with Gasteiger partial charge in [-0.15, -0.1) is 0 Å². The highest BCUT2D eigenvalue weighted by Crippen LogP contribution is 2.48. The summed E-state index contributed by atoms with van der Waals surface area (Å²) in [5, 5.41) is 7.29. The fraction of sp³-hybridized carbons (Fsp3) is 1.00. The lowest BCUT2D eigenvalue weighted by atomic mass is 9.97. The Balaban J connectivity index is 1.42. The SMILES string of the molecule is C1CNCC(NCC(C2CC2)C2CC2)C1. The molecule has 1 saturated heterocycles. The molecule has 1 atom stereocenters. The molecular formula is C13H24N2. The van der Waals surface area contributed by atoms with Gasteiger partial charge in [0.25, 0.3) is 0 Å². The number of piperidine rings is 1. The summed E-state index contributed by atoms with van der Waals surface area (Å²) in [7, 11) is 0. The van der Waals surface area contributed by atoms with E-state index in [2.05, 4.69) is 10.6 Å². The molecule has 0 amide bonds. The molecule has 2 aliphatic carbocycles. The predicted octanol–water partition coefficient (Wildman–Crippen LogP) is 1.76. The van der Waals surface area contributed by atoms with Crippen LogP contribution in [0.1, 0.15) is 38.5 Å². The quantitative estimate of drug-likeness (QED) is 0.719. The predicted molar refractivity (Wildman–Crippen MR) is 62.8 cm³/mol. The van der Waals surface area contributed by atoms with Crippen LogP contribution < -0.4 is 10.6 Å². The standard InChI is InChI=1S/C13H24N2/c1-2-12(8-14-7-1)15-9-13(10-3-4-10)11-5-6-11/h10-15H,1-9H2. The number of hydrogen-bond acceptors (Lipinski definition) is 2. The second-order valence-corrected chi connectivity index (χ2v) is 5.79. The molecule has 2 saturated carbocycles. The van der Waals surface area contributed by atoms with E-state index in [1.54, 1.807) is 0 Å². The summed E-state index contributed by atoms with van der Waals surface area (Å²) < 4.78 is 0. The Morgan fingerprint density at radius 3 is 2.33 bits per heavy atom. The van der Waals surface area contributed by atoms with Crippen molar-refractivity contribution < 1.29 is 0 Å². The summed E-state index contributed by atoms with van der Waals surface area (Å²) in [5.41, 5.74) is 0. The van der Waals surface area contributed by atoms with Crippen LogP contribution in [-0.4, -0.2) is 25.7 Å². The third-order valence-electron chi connectivity index (χ3n) is 4.39. The second-order valence-electron chi connectivity index (χ2n) is 5.79. The van der Waals surface area contributed by atoms with Gasteiger partial charge in [-0.2, -0.15) is 0 Å². The average molecular weight is 208 g/mol. The van der Waals surface area contributed by atoms with Crippen LogP contribution in [0.25, 0.3) is 0 Å². The highest BCUT2D eigenvalue weighted by atomic mass is 15.0. The molecule has 0 aromatic carbocycles. The maximum absolute atomic E-state index is 3.80. The van der Waals surface area contributed by atoms with Gasteiger partial charge in [-0.25, -0.2) is 0 Å². The van der Waals surface area contributed by atoms with Gasteiger partial charge in [0.15, 0.2) is 0 Å². The van der Waals surface area contributed by atoms with E-state index in [1.807, 2.05) is 0 Å². The molecule has 0 radical (unpaired) electrons. The summed E-state index contributed by atoms with van der Waals surface area (Å²) in [5.74, 6) is 3.23. The van der Waals surface area contributed by atoms with E-state index in [1.165, 1.54) is 58.2 Å². The number of rotatable bonds is 5. The molecule has 1 aliphatic heterocycles. The van der Waals surface area contributed by atoms with E-state index >= 15 is 0 Å². The molecule has 1 unspecified atom stereocenters. The highest BCUT2D eigenvalue weighted by Gasteiger charge is 2.41. The van der Waals surface area contributed by atoms with Gasteiger partial charge in [0.2, 0.25) is 0 Å². The lowest BCUT2D eigenvalue weighted by molar-refractivity contribution is 0.322. The first kappa shape index (κ1) is 10.1. The van der Waals surface area contributed by atoms with Crippen molar-refractivity contribution in [1.82, 2.24) is 10.6 Å². The van der Waals surface area contributed by atoms with Gasteiger partial charge in [0.1, 0.15) is 0 Å². The molecular weight excluding hydrogens is 184 g/mol. The zero-order chi connectivity index (χ0) is 10.1. The molecule has 15 heavy (non-hydrogen) atoms. The third-order valence-corrected chi connectivity index (χ3v) is 4.39. The van der Waals surface area contributed by atoms with E-state index in [-0.39, 0.29) is 0 Å². The maximum Gasteiger partial charge on any atom is 0.0193 e. The Morgan fingerprint density at radius 2 is 1.80 bits per heavy atom. The zero-order valence-electron chi connectivity index (χ0n) is 9.67. The minimum Gasteiger partial charge on any atom is -0.315 e. The van der Waals surface area contributed by atoms with Crippen LogP contribution in [0, 0.1) is 17.8 Å². The highest BCUT2D eigenvalue weighted by molar-refractivity contribution is 4.93. The van der Waals surface area contributed by atoms with E-state index in [0.29, 0.717) is 0 Å². The van der Waals surface area contributed by atoms with Gasteiger partial charge in [-0.1, -0.05) is 0 Å². The monoisotopic (exact) mass is 208 g/mol. The summed E-state index contributed by atoms with van der Waals surface area (Å²) >= 11 is 0. The van der Waals surface area contributed by atoms with Crippen molar-refractivity contribution in [1.29, 1.82) is 0 Å². The van der Waals surface area contributed by atoms with Crippen molar-refractivity contribution in [3.8, 4) is 0 Å². The molecule has 86 valence electrons. The first-order valence-corrected chi connectivity index (χ1v) is 6.87. The molecule has 3 rings (SSSR count). The zero-order valence-corrected chi connectivity index (χ0v) is 9.67. The van der Waals surface area contributed by atoms with Crippen molar-refractivity contribution in [3.63, 3.8) is 0 Å². The largest absolute Gasteiger partial charge is 0.315 e. The normalized spacial score (nSPS) is 32.2. The van der Waals surface area contributed by atoms with Crippen molar-refractivity contribution in [2.75, 3.05) is 19.6 Å². The molecule has 2 N–H and O–H groups in total. The molecule has 0 aromatic rings. The van der Waals surface area contributed by atoms with E-state index in [0.717, 1.165) is 23.8 Å². The van der Waals surface area contributed by atoms with Crippen LogP contribution in [0.15, 0.2) is 0 Å². The van der Waals surface area contributed by atoms with Crippen LogP contribution in [0.2, 0.25) is 0 Å². The fourth-order valence-electron chi connectivity index (χ4n) is 3.10. The Kier molecular flexibility index (Phi) is 2.98. The first-order valence-electron chi connectivity index (χ1n) is 6.87. The minimum atomic E-state index is 0.763. The van der Waals surface area contributed by atoms with Crippen molar-refractivity contribution >= 4 is 0 Å². The third kappa shape index (κ3) is 2.73. The molecule has 3 aliphatic rings. The van der Waals surface area contributed by atoms with Gasteiger partial charge in [-0.3, -0.25) is 0 Å². The number of hydrogen-bond donors (Lipinski definition) is 2. The maximum atomic E-state index is 3.80. The smallest absolute Gasteiger partial charge is 0.0193 e. The van der Waals surface area contributed by atoms with Crippen LogP contribution >= 0.6 is 0 Å². The lowest BCUT2D eigenvalue weighted by Gasteiger charge is -2.26. The summed E-state index contributed by atoms with van der Waals surface area (Å²) in [6.45, 7) is 3.73. The molecule has 2 nitrogen and oxygen atoms in total. The van der Waals surface area contributed by atoms with Gasteiger partial charge < -0.3 is 10.6 Å². The van der Waals surface area contributed by atoms with E-state index in [4.69, 9.17) is 0 Å². The van der Waals surface area contributed by atoms with E-state index < -0.39 is 0 Å². The first-order chi connectivity index (χ1) is 7.43. The van der Waals surface area contributed by atoms with Crippen molar-refractivity contribution in [2.24, 2.45) is 17.8 Å².